The topological polar surface area (TPSA) is 46.5 Å². The Morgan fingerprint density at radius 2 is 1.75 bits per heavy atom. The van der Waals surface area contributed by atoms with Gasteiger partial charge in [0.15, 0.2) is 5.78 Å². The number of hydrogen-bond acceptors (Lipinski definition) is 3. The molecule has 100 valence electrons. The number of carbonyl (C=O) groups is 1. The summed E-state index contributed by atoms with van der Waals surface area (Å²) in [6.45, 7) is 0. The van der Waals surface area contributed by atoms with Crippen molar-refractivity contribution in [2.75, 3.05) is 0 Å². The van der Waals surface area contributed by atoms with Crippen LogP contribution in [0.3, 0.4) is 0 Å². The highest BCUT2D eigenvalue weighted by atomic mass is 16.3. The first kappa shape index (κ1) is 12.7. The molecule has 0 unspecified atom stereocenters. The van der Waals surface area contributed by atoms with E-state index in [1.807, 2.05) is 18.2 Å². The second-order valence-corrected chi connectivity index (χ2v) is 5.21. The standard InChI is InChI=1S/C17H15NO2/c19-17(13-7-9-15(18-20)10-8-13)11-14-3-1-2-4-16(14)12-5-6-12/h1-4,7-10,12H,5-6,11H2. The Hall–Kier alpha value is -2.29. The molecule has 1 aliphatic rings. The number of ketones is 1. The van der Waals surface area contributed by atoms with Crippen molar-refractivity contribution in [3.05, 3.63) is 70.1 Å². The van der Waals surface area contributed by atoms with Gasteiger partial charge in [-0.1, -0.05) is 24.3 Å². The molecule has 0 aromatic heterocycles. The predicted molar refractivity (Wildman–Crippen MR) is 78.3 cm³/mol. The molecule has 2 aromatic rings. The van der Waals surface area contributed by atoms with Crippen LogP contribution in [-0.2, 0) is 6.42 Å². The van der Waals surface area contributed by atoms with Gasteiger partial charge < -0.3 is 0 Å². The van der Waals surface area contributed by atoms with E-state index >= 15 is 0 Å². The largest absolute Gasteiger partial charge is 0.294 e. The van der Waals surface area contributed by atoms with Gasteiger partial charge in [0.2, 0.25) is 0 Å². The van der Waals surface area contributed by atoms with E-state index < -0.39 is 0 Å². The van der Waals surface area contributed by atoms with Crippen molar-refractivity contribution in [1.82, 2.24) is 0 Å². The third-order valence-corrected chi connectivity index (χ3v) is 3.72. The van der Waals surface area contributed by atoms with Crippen LogP contribution in [0, 0.1) is 4.91 Å². The van der Waals surface area contributed by atoms with Gasteiger partial charge in [0.1, 0.15) is 5.69 Å². The molecule has 20 heavy (non-hydrogen) atoms. The number of rotatable bonds is 5. The molecule has 2 aromatic carbocycles. The Morgan fingerprint density at radius 3 is 2.40 bits per heavy atom. The van der Waals surface area contributed by atoms with Crippen LogP contribution in [0.4, 0.5) is 5.69 Å². The zero-order valence-corrected chi connectivity index (χ0v) is 11.1. The van der Waals surface area contributed by atoms with Crippen molar-refractivity contribution in [2.24, 2.45) is 5.18 Å². The van der Waals surface area contributed by atoms with Crippen LogP contribution in [0.5, 0.6) is 0 Å². The second kappa shape index (κ2) is 5.37. The Labute approximate surface area is 117 Å². The summed E-state index contributed by atoms with van der Waals surface area (Å²) in [5, 5.41) is 2.84. The molecule has 1 saturated carbocycles. The van der Waals surface area contributed by atoms with Gasteiger partial charge in [0, 0.05) is 12.0 Å². The highest BCUT2D eigenvalue weighted by Crippen LogP contribution is 2.41. The molecule has 3 heteroatoms. The van der Waals surface area contributed by atoms with E-state index in [-0.39, 0.29) is 5.78 Å². The van der Waals surface area contributed by atoms with Crippen LogP contribution < -0.4 is 0 Å². The smallest absolute Gasteiger partial charge is 0.167 e. The molecular formula is C17H15NO2. The first-order valence-corrected chi connectivity index (χ1v) is 6.82. The fourth-order valence-corrected chi connectivity index (χ4v) is 2.47. The average Bonchev–Trinajstić information content (AvgIpc) is 3.32. The Balaban J connectivity index is 1.79. The first-order chi connectivity index (χ1) is 9.78. The van der Waals surface area contributed by atoms with Gasteiger partial charge >= 0.3 is 0 Å². The highest BCUT2D eigenvalue weighted by Gasteiger charge is 2.26. The lowest BCUT2D eigenvalue weighted by Crippen LogP contribution is -2.05. The van der Waals surface area contributed by atoms with E-state index in [0.29, 0.717) is 23.6 Å². The van der Waals surface area contributed by atoms with Crippen molar-refractivity contribution < 1.29 is 4.79 Å². The molecule has 3 nitrogen and oxygen atoms in total. The van der Waals surface area contributed by atoms with Crippen molar-refractivity contribution in [3.63, 3.8) is 0 Å². The lowest BCUT2D eigenvalue weighted by molar-refractivity contribution is 0.0993. The summed E-state index contributed by atoms with van der Waals surface area (Å²) in [6.07, 6.45) is 2.87. The van der Waals surface area contributed by atoms with Gasteiger partial charge in [-0.15, -0.1) is 4.91 Å². The summed E-state index contributed by atoms with van der Waals surface area (Å²) >= 11 is 0. The van der Waals surface area contributed by atoms with Crippen LogP contribution >= 0.6 is 0 Å². The Bertz CT molecular complexity index is 642. The number of Topliss-reactive ketones (excluding diaryl/α,β-unsaturated/α-hetero) is 1. The minimum Gasteiger partial charge on any atom is -0.294 e. The molecule has 0 atom stereocenters. The maximum Gasteiger partial charge on any atom is 0.167 e. The van der Waals surface area contributed by atoms with E-state index in [2.05, 4.69) is 11.2 Å². The van der Waals surface area contributed by atoms with Crippen LogP contribution in [0.25, 0.3) is 0 Å². The lowest BCUT2D eigenvalue weighted by atomic mass is 9.96. The number of nitroso groups, excluding NO2 is 1. The van der Waals surface area contributed by atoms with Crippen molar-refractivity contribution >= 4 is 11.5 Å². The van der Waals surface area contributed by atoms with E-state index in [1.165, 1.54) is 18.4 Å². The predicted octanol–water partition coefficient (Wildman–Crippen LogP) is 4.39. The molecule has 1 fully saturated rings. The molecule has 0 saturated heterocycles. The minimum atomic E-state index is 0.0792. The Morgan fingerprint density at radius 1 is 1.05 bits per heavy atom. The first-order valence-electron chi connectivity index (χ1n) is 6.82. The maximum atomic E-state index is 12.3. The fourth-order valence-electron chi connectivity index (χ4n) is 2.47. The molecule has 0 spiro atoms. The maximum absolute atomic E-state index is 12.3. The zero-order valence-electron chi connectivity index (χ0n) is 11.1. The molecule has 0 N–H and O–H groups in total. The van der Waals surface area contributed by atoms with Crippen LogP contribution in [0.1, 0.15) is 40.2 Å². The van der Waals surface area contributed by atoms with Gasteiger partial charge in [-0.2, -0.15) is 0 Å². The highest BCUT2D eigenvalue weighted by molar-refractivity contribution is 5.97. The van der Waals surface area contributed by atoms with Gasteiger partial charge in [-0.25, -0.2) is 0 Å². The third kappa shape index (κ3) is 2.67. The summed E-state index contributed by atoms with van der Waals surface area (Å²) in [6, 6.07) is 14.7. The summed E-state index contributed by atoms with van der Waals surface area (Å²) in [4.78, 5) is 22.7. The van der Waals surface area contributed by atoms with E-state index in [4.69, 9.17) is 0 Å². The van der Waals surface area contributed by atoms with Gasteiger partial charge in [0.05, 0.1) is 0 Å². The number of nitrogens with zero attached hydrogens (tertiary/aromatic N) is 1. The molecule has 0 amide bonds. The summed E-state index contributed by atoms with van der Waals surface area (Å²) in [7, 11) is 0. The zero-order chi connectivity index (χ0) is 13.9. The van der Waals surface area contributed by atoms with Crippen LogP contribution in [-0.4, -0.2) is 5.78 Å². The van der Waals surface area contributed by atoms with E-state index in [0.717, 1.165) is 5.56 Å². The van der Waals surface area contributed by atoms with Gasteiger partial charge in [-0.05, 0) is 59.3 Å². The molecule has 1 aliphatic carbocycles. The van der Waals surface area contributed by atoms with Crippen molar-refractivity contribution in [1.29, 1.82) is 0 Å². The fraction of sp³-hybridized carbons (Fsp3) is 0.235. The second-order valence-electron chi connectivity index (χ2n) is 5.21. The normalized spacial score (nSPS) is 14.0. The molecule has 0 aliphatic heterocycles. The number of hydrogen-bond donors (Lipinski definition) is 0. The monoisotopic (exact) mass is 265 g/mol. The summed E-state index contributed by atoms with van der Waals surface area (Å²) in [5.41, 5.74) is 3.41. The Kier molecular flexibility index (Phi) is 3.42. The van der Waals surface area contributed by atoms with Crippen molar-refractivity contribution in [3.8, 4) is 0 Å². The van der Waals surface area contributed by atoms with E-state index in [9.17, 15) is 9.70 Å². The number of benzene rings is 2. The molecule has 0 radical (unpaired) electrons. The SMILES string of the molecule is O=Nc1ccc(C(=O)Cc2ccccc2C2CC2)cc1. The van der Waals surface area contributed by atoms with E-state index in [1.54, 1.807) is 24.3 Å². The van der Waals surface area contributed by atoms with Crippen LogP contribution in [0.15, 0.2) is 53.7 Å². The van der Waals surface area contributed by atoms with Gasteiger partial charge in [0.25, 0.3) is 0 Å². The summed E-state index contributed by atoms with van der Waals surface area (Å²) < 4.78 is 0. The molecular weight excluding hydrogens is 250 g/mol. The third-order valence-electron chi connectivity index (χ3n) is 3.72. The molecule has 0 heterocycles. The number of carbonyl (C=O) groups excluding carboxylic acids is 1. The molecule has 3 rings (SSSR count). The van der Waals surface area contributed by atoms with Crippen molar-refractivity contribution in [2.45, 2.75) is 25.2 Å². The quantitative estimate of drug-likeness (QED) is 0.594. The van der Waals surface area contributed by atoms with Crippen LogP contribution in [0.2, 0.25) is 0 Å². The molecule has 0 bridgehead atoms. The summed E-state index contributed by atoms with van der Waals surface area (Å²) in [5.74, 6) is 0.719. The van der Waals surface area contributed by atoms with Gasteiger partial charge in [-0.3, -0.25) is 4.79 Å². The minimum absolute atomic E-state index is 0.0792. The average molecular weight is 265 g/mol. The lowest BCUT2D eigenvalue weighted by Gasteiger charge is -2.08.